The molecular formula is C22H20F3N3O4S2. The van der Waals surface area contributed by atoms with Crippen molar-refractivity contribution >= 4 is 32.7 Å². The van der Waals surface area contributed by atoms with Crippen molar-refractivity contribution < 1.29 is 30.9 Å². The predicted molar refractivity (Wildman–Crippen MR) is 122 cm³/mol. The Morgan fingerprint density at radius 2 is 1.85 bits per heavy atom. The Labute approximate surface area is 198 Å². The summed E-state index contributed by atoms with van der Waals surface area (Å²) in [6, 6.07) is 6.70. The maximum absolute atomic E-state index is 13.4. The van der Waals surface area contributed by atoms with Gasteiger partial charge in [-0.05, 0) is 41.5 Å². The number of halogens is 3. The minimum Gasteiger partial charge on any atom is -0.496 e. The number of aromatic nitrogens is 1. The first kappa shape index (κ1) is 24.0. The third-order valence-corrected chi connectivity index (χ3v) is 7.00. The van der Waals surface area contributed by atoms with Crippen LogP contribution in [-0.2, 0) is 16.3 Å². The molecule has 0 spiro atoms. The minimum atomic E-state index is -4.55. The zero-order chi connectivity index (χ0) is 24.8. The van der Waals surface area contributed by atoms with Crippen LogP contribution >= 0.6 is 11.3 Å². The van der Waals surface area contributed by atoms with Crippen molar-refractivity contribution in [3.63, 3.8) is 0 Å². The molecule has 12 heteroatoms. The maximum atomic E-state index is 13.4. The summed E-state index contributed by atoms with van der Waals surface area (Å²) in [5.74, 6) is 0.632. The monoisotopic (exact) mass is 511 g/mol. The summed E-state index contributed by atoms with van der Waals surface area (Å²) in [5, 5.41) is 2.36. The quantitative estimate of drug-likeness (QED) is 0.489. The standard InChI is InChI=1S/C22H20F3N3O4S2/c1-27(2)19-11-13-10-15(34(29,30)31)5-7-16(13)20(28(19)21-26-8-9-33-21)17-6-4-14(22(23,24)25)12-18(17)32-3/h4-12,20H,1-3H3,(H,29,30,31). The molecule has 0 bridgehead atoms. The van der Waals surface area contributed by atoms with Crippen molar-refractivity contribution in [1.82, 2.24) is 9.88 Å². The number of rotatable bonds is 5. The van der Waals surface area contributed by atoms with Crippen molar-refractivity contribution in [3.8, 4) is 5.75 Å². The van der Waals surface area contributed by atoms with Crippen LogP contribution in [0.15, 0.2) is 58.7 Å². The number of thiazole rings is 1. The van der Waals surface area contributed by atoms with Gasteiger partial charge in [-0.2, -0.15) is 21.6 Å². The molecule has 1 atom stereocenters. The highest BCUT2D eigenvalue weighted by Crippen LogP contribution is 2.46. The summed E-state index contributed by atoms with van der Waals surface area (Å²) >= 11 is 1.34. The lowest BCUT2D eigenvalue weighted by molar-refractivity contribution is -0.137. The maximum Gasteiger partial charge on any atom is 0.416 e. The van der Waals surface area contributed by atoms with Gasteiger partial charge in [0.1, 0.15) is 11.6 Å². The van der Waals surface area contributed by atoms with E-state index in [1.54, 1.807) is 36.6 Å². The first-order valence-electron chi connectivity index (χ1n) is 9.86. The first-order valence-corrected chi connectivity index (χ1v) is 12.2. The molecule has 0 aliphatic carbocycles. The largest absolute Gasteiger partial charge is 0.496 e. The third-order valence-electron chi connectivity index (χ3n) is 5.38. The molecule has 1 N–H and O–H groups in total. The van der Waals surface area contributed by atoms with Crippen LogP contribution in [0.1, 0.15) is 28.3 Å². The van der Waals surface area contributed by atoms with E-state index in [0.717, 1.165) is 12.1 Å². The van der Waals surface area contributed by atoms with Crippen LogP contribution in [0.3, 0.4) is 0 Å². The minimum absolute atomic E-state index is 0.0196. The van der Waals surface area contributed by atoms with E-state index in [-0.39, 0.29) is 10.6 Å². The van der Waals surface area contributed by atoms with E-state index in [1.165, 1.54) is 42.7 Å². The van der Waals surface area contributed by atoms with Crippen molar-refractivity contribution in [1.29, 1.82) is 0 Å². The molecule has 1 aliphatic heterocycles. The normalized spacial score (nSPS) is 16.1. The zero-order valence-electron chi connectivity index (χ0n) is 18.2. The number of benzene rings is 2. The summed E-state index contributed by atoms with van der Waals surface area (Å²) in [5.41, 5.74) is 0.666. The highest BCUT2D eigenvalue weighted by atomic mass is 32.2. The molecule has 34 heavy (non-hydrogen) atoms. The number of anilines is 1. The number of methoxy groups -OCH3 is 1. The van der Waals surface area contributed by atoms with Gasteiger partial charge in [0.15, 0.2) is 5.13 Å². The average Bonchev–Trinajstić information content (AvgIpc) is 3.30. The molecule has 2 heterocycles. The van der Waals surface area contributed by atoms with E-state index >= 15 is 0 Å². The molecule has 0 amide bonds. The lowest BCUT2D eigenvalue weighted by Crippen LogP contribution is -2.38. The van der Waals surface area contributed by atoms with Gasteiger partial charge in [-0.15, -0.1) is 11.3 Å². The molecule has 1 unspecified atom stereocenters. The number of nitrogens with zero attached hydrogens (tertiary/aromatic N) is 3. The molecule has 0 saturated heterocycles. The van der Waals surface area contributed by atoms with Crippen LogP contribution in [0, 0.1) is 0 Å². The van der Waals surface area contributed by atoms with Gasteiger partial charge in [-0.25, -0.2) is 4.98 Å². The Morgan fingerprint density at radius 3 is 2.41 bits per heavy atom. The Hall–Kier alpha value is -3.09. The summed E-state index contributed by atoms with van der Waals surface area (Å²) in [6.45, 7) is 0. The summed E-state index contributed by atoms with van der Waals surface area (Å²) in [7, 11) is 0.394. The summed E-state index contributed by atoms with van der Waals surface area (Å²) in [4.78, 5) is 7.76. The molecule has 0 fully saturated rings. The van der Waals surface area contributed by atoms with Crippen LogP contribution < -0.4 is 9.64 Å². The Kier molecular flexibility index (Phi) is 6.08. The Balaban J connectivity index is 2.02. The van der Waals surface area contributed by atoms with Crippen LogP contribution in [0.2, 0.25) is 0 Å². The Bertz CT molecular complexity index is 1350. The van der Waals surface area contributed by atoms with Crippen LogP contribution in [0.4, 0.5) is 18.3 Å². The van der Waals surface area contributed by atoms with E-state index in [1.807, 2.05) is 4.90 Å². The van der Waals surface area contributed by atoms with Gasteiger partial charge in [-0.3, -0.25) is 9.45 Å². The SMILES string of the molecule is COc1cc(C(F)(F)F)ccc1C1c2ccc(S(=O)(=O)O)cc2C=C(N(C)C)N1c1nccs1. The molecule has 180 valence electrons. The molecular weight excluding hydrogens is 491 g/mol. The topological polar surface area (TPSA) is 83.0 Å². The second-order valence-electron chi connectivity index (χ2n) is 7.70. The van der Waals surface area contributed by atoms with Gasteiger partial charge in [0, 0.05) is 31.2 Å². The first-order chi connectivity index (χ1) is 15.9. The zero-order valence-corrected chi connectivity index (χ0v) is 19.9. The summed E-state index contributed by atoms with van der Waals surface area (Å²) < 4.78 is 78.5. The van der Waals surface area contributed by atoms with Crippen molar-refractivity contribution in [3.05, 3.63) is 76.0 Å². The second kappa shape index (κ2) is 8.60. The molecule has 0 saturated carbocycles. The van der Waals surface area contributed by atoms with Crippen molar-refractivity contribution in [2.24, 2.45) is 0 Å². The fraction of sp³-hybridized carbons (Fsp3) is 0.227. The fourth-order valence-electron chi connectivity index (χ4n) is 3.88. The lowest BCUT2D eigenvalue weighted by Gasteiger charge is -2.41. The molecule has 1 aromatic heterocycles. The van der Waals surface area contributed by atoms with Crippen molar-refractivity contribution in [2.75, 3.05) is 26.1 Å². The third kappa shape index (κ3) is 4.36. The molecule has 3 aromatic rings. The smallest absolute Gasteiger partial charge is 0.416 e. The fourth-order valence-corrected chi connectivity index (χ4v) is 5.07. The van der Waals surface area contributed by atoms with Crippen LogP contribution in [0.25, 0.3) is 6.08 Å². The lowest BCUT2D eigenvalue weighted by atomic mass is 9.89. The number of alkyl halides is 3. The van der Waals surface area contributed by atoms with Gasteiger partial charge in [0.2, 0.25) is 0 Å². The Morgan fingerprint density at radius 1 is 1.15 bits per heavy atom. The number of fused-ring (bicyclic) bond motifs is 1. The van der Waals surface area contributed by atoms with Crippen LogP contribution in [0.5, 0.6) is 5.75 Å². The van der Waals surface area contributed by atoms with Gasteiger partial charge in [0.05, 0.1) is 23.6 Å². The molecule has 0 radical (unpaired) electrons. The van der Waals surface area contributed by atoms with E-state index in [9.17, 15) is 26.1 Å². The van der Waals surface area contributed by atoms with Gasteiger partial charge < -0.3 is 9.64 Å². The second-order valence-corrected chi connectivity index (χ2v) is 10.00. The predicted octanol–water partition coefficient (Wildman–Crippen LogP) is 4.89. The summed E-state index contributed by atoms with van der Waals surface area (Å²) in [6.07, 6.45) is -1.20. The van der Waals surface area contributed by atoms with E-state index < -0.39 is 27.9 Å². The molecule has 1 aliphatic rings. The number of hydrogen-bond acceptors (Lipinski definition) is 7. The number of ether oxygens (including phenoxy) is 1. The van der Waals surface area contributed by atoms with E-state index in [2.05, 4.69) is 4.98 Å². The highest BCUT2D eigenvalue weighted by Gasteiger charge is 2.37. The van der Waals surface area contributed by atoms with Crippen LogP contribution in [-0.4, -0.2) is 44.1 Å². The van der Waals surface area contributed by atoms with Gasteiger partial charge in [0.25, 0.3) is 10.1 Å². The molecule has 7 nitrogen and oxygen atoms in total. The van der Waals surface area contributed by atoms with Gasteiger partial charge in [-0.1, -0.05) is 12.1 Å². The number of hydrogen-bond donors (Lipinski definition) is 1. The molecule has 4 rings (SSSR count). The van der Waals surface area contributed by atoms with E-state index in [4.69, 9.17) is 4.74 Å². The molecule has 2 aromatic carbocycles. The van der Waals surface area contributed by atoms with E-state index in [0.29, 0.717) is 27.6 Å². The highest BCUT2D eigenvalue weighted by molar-refractivity contribution is 7.85. The van der Waals surface area contributed by atoms with Gasteiger partial charge >= 0.3 is 6.18 Å². The average molecular weight is 512 g/mol. The van der Waals surface area contributed by atoms with Crippen molar-refractivity contribution in [2.45, 2.75) is 17.1 Å².